The Labute approximate surface area is 109 Å². The lowest BCUT2D eigenvalue weighted by Crippen LogP contribution is -2.36. The zero-order valence-corrected chi connectivity index (χ0v) is 11.6. The summed E-state index contributed by atoms with van der Waals surface area (Å²) in [6, 6.07) is 0. The number of esters is 1. The van der Waals surface area contributed by atoms with Crippen molar-refractivity contribution in [2.24, 2.45) is 11.3 Å². The largest absolute Gasteiger partial charge is 0.465 e. The van der Waals surface area contributed by atoms with Gasteiger partial charge in [0.1, 0.15) is 6.29 Å². The highest BCUT2D eigenvalue weighted by molar-refractivity contribution is 5.75. The van der Waals surface area contributed by atoms with Crippen LogP contribution in [0.2, 0.25) is 0 Å². The van der Waals surface area contributed by atoms with Crippen LogP contribution >= 0.6 is 0 Å². The SMILES string of the molecule is CC(C)(C)C(=O)OCCC1(O)CCC(C=O)CC1. The van der Waals surface area contributed by atoms with Crippen LogP contribution in [0.1, 0.15) is 52.9 Å². The standard InChI is InChI=1S/C14H24O4/c1-13(2,3)12(16)18-9-8-14(17)6-4-11(10-15)5-7-14/h10-11,17H,4-9H2,1-3H3. The molecule has 1 rings (SSSR count). The molecule has 1 saturated carbocycles. The minimum Gasteiger partial charge on any atom is -0.465 e. The zero-order valence-electron chi connectivity index (χ0n) is 11.6. The Hall–Kier alpha value is -0.900. The van der Waals surface area contributed by atoms with Gasteiger partial charge in [-0.1, -0.05) is 0 Å². The maximum absolute atomic E-state index is 11.6. The number of ether oxygens (including phenoxy) is 1. The summed E-state index contributed by atoms with van der Waals surface area (Å²) >= 11 is 0. The van der Waals surface area contributed by atoms with E-state index in [-0.39, 0.29) is 18.5 Å². The molecular formula is C14H24O4. The Morgan fingerprint density at radius 3 is 2.39 bits per heavy atom. The van der Waals surface area contributed by atoms with Crippen molar-refractivity contribution in [3.8, 4) is 0 Å². The normalized spacial score (nSPS) is 28.8. The quantitative estimate of drug-likeness (QED) is 0.618. The number of aliphatic hydroxyl groups is 1. The van der Waals surface area contributed by atoms with Gasteiger partial charge in [-0.2, -0.15) is 0 Å². The molecule has 0 heterocycles. The van der Waals surface area contributed by atoms with E-state index >= 15 is 0 Å². The summed E-state index contributed by atoms with van der Waals surface area (Å²) in [5, 5.41) is 10.3. The second kappa shape index (κ2) is 5.83. The molecule has 0 amide bonds. The van der Waals surface area contributed by atoms with Crippen LogP contribution in [0.4, 0.5) is 0 Å². The average molecular weight is 256 g/mol. The van der Waals surface area contributed by atoms with E-state index in [1.165, 1.54) is 0 Å². The minimum atomic E-state index is -0.766. The summed E-state index contributed by atoms with van der Waals surface area (Å²) in [6.07, 6.45) is 4.12. The number of hydrogen-bond donors (Lipinski definition) is 1. The van der Waals surface area contributed by atoms with E-state index in [4.69, 9.17) is 4.74 Å². The van der Waals surface area contributed by atoms with E-state index in [9.17, 15) is 14.7 Å². The third kappa shape index (κ3) is 4.41. The van der Waals surface area contributed by atoms with Gasteiger partial charge in [-0.3, -0.25) is 4.79 Å². The molecule has 0 unspecified atom stereocenters. The molecule has 18 heavy (non-hydrogen) atoms. The van der Waals surface area contributed by atoms with Crippen LogP contribution < -0.4 is 0 Å². The fraction of sp³-hybridized carbons (Fsp3) is 0.857. The summed E-state index contributed by atoms with van der Waals surface area (Å²) in [4.78, 5) is 22.2. The second-order valence-corrected chi connectivity index (χ2v) is 6.33. The molecule has 0 aromatic heterocycles. The number of carbonyl (C=O) groups excluding carboxylic acids is 2. The Bertz CT molecular complexity index is 295. The highest BCUT2D eigenvalue weighted by Gasteiger charge is 2.33. The highest BCUT2D eigenvalue weighted by Crippen LogP contribution is 2.33. The van der Waals surface area contributed by atoms with Gasteiger partial charge in [0.25, 0.3) is 0 Å². The van der Waals surface area contributed by atoms with E-state index in [1.807, 2.05) is 0 Å². The fourth-order valence-electron chi connectivity index (χ4n) is 2.11. The molecule has 0 atom stereocenters. The number of carbonyl (C=O) groups is 2. The van der Waals surface area contributed by atoms with Gasteiger partial charge in [-0.15, -0.1) is 0 Å². The molecule has 1 fully saturated rings. The predicted molar refractivity (Wildman–Crippen MR) is 68.0 cm³/mol. The van der Waals surface area contributed by atoms with Gasteiger partial charge in [0.2, 0.25) is 0 Å². The smallest absolute Gasteiger partial charge is 0.311 e. The highest BCUT2D eigenvalue weighted by atomic mass is 16.5. The van der Waals surface area contributed by atoms with Crippen molar-refractivity contribution in [2.75, 3.05) is 6.61 Å². The molecule has 4 nitrogen and oxygen atoms in total. The number of rotatable bonds is 4. The summed E-state index contributed by atoms with van der Waals surface area (Å²) < 4.78 is 5.16. The van der Waals surface area contributed by atoms with Gasteiger partial charge >= 0.3 is 5.97 Å². The first-order chi connectivity index (χ1) is 8.27. The molecule has 0 saturated heterocycles. The molecule has 0 aromatic rings. The van der Waals surface area contributed by atoms with E-state index in [1.54, 1.807) is 20.8 Å². The molecule has 1 N–H and O–H groups in total. The van der Waals surface area contributed by atoms with Crippen molar-refractivity contribution in [1.29, 1.82) is 0 Å². The molecule has 0 bridgehead atoms. The number of aldehydes is 1. The van der Waals surface area contributed by atoms with Crippen molar-refractivity contribution >= 4 is 12.3 Å². The lowest BCUT2D eigenvalue weighted by molar-refractivity contribution is -0.154. The summed E-state index contributed by atoms with van der Waals surface area (Å²) in [6.45, 7) is 5.66. The van der Waals surface area contributed by atoms with Crippen LogP contribution in [0, 0.1) is 11.3 Å². The van der Waals surface area contributed by atoms with Gasteiger partial charge in [0, 0.05) is 12.3 Å². The van der Waals surface area contributed by atoms with Gasteiger partial charge < -0.3 is 14.6 Å². The van der Waals surface area contributed by atoms with Gasteiger partial charge in [-0.05, 0) is 46.5 Å². The molecular weight excluding hydrogens is 232 g/mol. The first kappa shape index (κ1) is 15.2. The summed E-state index contributed by atoms with van der Waals surface area (Å²) in [5.41, 5.74) is -1.27. The third-order valence-electron chi connectivity index (χ3n) is 3.57. The topological polar surface area (TPSA) is 63.6 Å². The Kier molecular flexibility index (Phi) is 4.91. The molecule has 0 aliphatic heterocycles. The van der Waals surface area contributed by atoms with Gasteiger partial charge in [0.05, 0.1) is 17.6 Å². The first-order valence-corrected chi connectivity index (χ1v) is 6.62. The minimum absolute atomic E-state index is 0.0856. The third-order valence-corrected chi connectivity index (χ3v) is 3.57. The lowest BCUT2D eigenvalue weighted by Gasteiger charge is -2.34. The van der Waals surface area contributed by atoms with Crippen LogP contribution in [0.15, 0.2) is 0 Å². The Balaban J connectivity index is 2.31. The summed E-state index contributed by atoms with van der Waals surface area (Å²) in [5.74, 6) is -0.157. The Morgan fingerprint density at radius 1 is 1.39 bits per heavy atom. The van der Waals surface area contributed by atoms with Crippen LogP contribution in [-0.4, -0.2) is 29.6 Å². The van der Waals surface area contributed by atoms with Crippen molar-refractivity contribution in [3.05, 3.63) is 0 Å². The average Bonchev–Trinajstić information content (AvgIpc) is 2.28. The van der Waals surface area contributed by atoms with Crippen LogP contribution in [-0.2, 0) is 14.3 Å². The molecule has 0 aromatic carbocycles. The van der Waals surface area contributed by atoms with Crippen LogP contribution in [0.5, 0.6) is 0 Å². The molecule has 1 aliphatic carbocycles. The molecule has 4 heteroatoms. The second-order valence-electron chi connectivity index (χ2n) is 6.33. The fourth-order valence-corrected chi connectivity index (χ4v) is 2.11. The molecule has 1 aliphatic rings. The lowest BCUT2D eigenvalue weighted by atomic mass is 9.78. The van der Waals surface area contributed by atoms with Crippen molar-refractivity contribution in [3.63, 3.8) is 0 Å². The van der Waals surface area contributed by atoms with E-state index in [0.717, 1.165) is 19.1 Å². The van der Waals surface area contributed by atoms with Crippen LogP contribution in [0.25, 0.3) is 0 Å². The molecule has 104 valence electrons. The van der Waals surface area contributed by atoms with Crippen molar-refractivity contribution in [1.82, 2.24) is 0 Å². The molecule has 0 radical (unpaired) electrons. The first-order valence-electron chi connectivity index (χ1n) is 6.62. The maximum atomic E-state index is 11.6. The van der Waals surface area contributed by atoms with Crippen molar-refractivity contribution in [2.45, 2.75) is 58.5 Å². The zero-order chi connectivity index (χ0) is 13.8. The monoisotopic (exact) mass is 256 g/mol. The molecule has 0 spiro atoms. The van der Waals surface area contributed by atoms with E-state index < -0.39 is 11.0 Å². The summed E-state index contributed by atoms with van der Waals surface area (Å²) in [7, 11) is 0. The van der Waals surface area contributed by atoms with E-state index in [0.29, 0.717) is 19.3 Å². The van der Waals surface area contributed by atoms with Crippen molar-refractivity contribution < 1.29 is 19.4 Å². The maximum Gasteiger partial charge on any atom is 0.311 e. The Morgan fingerprint density at radius 2 is 1.94 bits per heavy atom. The predicted octanol–water partition coefficient (Wildman–Crippen LogP) is 2.09. The van der Waals surface area contributed by atoms with Gasteiger partial charge in [0.15, 0.2) is 0 Å². The number of hydrogen-bond acceptors (Lipinski definition) is 4. The van der Waals surface area contributed by atoms with E-state index in [2.05, 4.69) is 0 Å². The van der Waals surface area contributed by atoms with Crippen LogP contribution in [0.3, 0.4) is 0 Å². The van der Waals surface area contributed by atoms with Gasteiger partial charge in [-0.25, -0.2) is 0 Å².